The standard InChI is InChI=1S/C22H25N3O3/c1-15-21(16(2)25(24-15)18-8-6-5-7-9-18)14-23-22(26)17(3)28-20-12-10-19(27-4)11-13-20/h5-13,17H,14H2,1-4H3,(H,23,26). The fourth-order valence-corrected chi connectivity index (χ4v) is 2.98. The maximum Gasteiger partial charge on any atom is 0.261 e. The van der Waals surface area contributed by atoms with Gasteiger partial charge >= 0.3 is 0 Å². The van der Waals surface area contributed by atoms with Gasteiger partial charge in [0.15, 0.2) is 6.10 Å². The van der Waals surface area contributed by atoms with Crippen molar-refractivity contribution in [3.05, 3.63) is 71.5 Å². The van der Waals surface area contributed by atoms with E-state index in [2.05, 4.69) is 10.4 Å². The molecule has 0 saturated heterocycles. The molecule has 0 fully saturated rings. The number of aryl methyl sites for hydroxylation is 1. The molecule has 0 radical (unpaired) electrons. The van der Waals surface area contributed by atoms with Crippen LogP contribution in [-0.4, -0.2) is 28.9 Å². The van der Waals surface area contributed by atoms with Crippen molar-refractivity contribution in [2.45, 2.75) is 33.4 Å². The number of carbonyl (C=O) groups excluding carboxylic acids is 1. The molecule has 1 aromatic heterocycles. The van der Waals surface area contributed by atoms with E-state index in [9.17, 15) is 4.79 Å². The molecule has 28 heavy (non-hydrogen) atoms. The zero-order valence-corrected chi connectivity index (χ0v) is 16.6. The van der Waals surface area contributed by atoms with Crippen molar-refractivity contribution in [2.75, 3.05) is 7.11 Å². The van der Waals surface area contributed by atoms with Crippen LogP contribution in [0.4, 0.5) is 0 Å². The Morgan fingerprint density at radius 3 is 2.36 bits per heavy atom. The fraction of sp³-hybridized carbons (Fsp3) is 0.273. The lowest BCUT2D eigenvalue weighted by atomic mass is 10.2. The molecular formula is C22H25N3O3. The molecule has 2 aromatic carbocycles. The minimum Gasteiger partial charge on any atom is -0.497 e. The molecule has 0 aliphatic carbocycles. The zero-order valence-electron chi connectivity index (χ0n) is 16.6. The number of carbonyl (C=O) groups is 1. The van der Waals surface area contributed by atoms with Crippen LogP contribution in [0.1, 0.15) is 23.9 Å². The molecule has 146 valence electrons. The molecule has 6 nitrogen and oxygen atoms in total. The van der Waals surface area contributed by atoms with Crippen molar-refractivity contribution < 1.29 is 14.3 Å². The number of nitrogens with one attached hydrogen (secondary N) is 1. The molecule has 3 rings (SSSR count). The fourth-order valence-electron chi connectivity index (χ4n) is 2.98. The number of methoxy groups -OCH3 is 1. The van der Waals surface area contributed by atoms with Crippen LogP contribution < -0.4 is 14.8 Å². The van der Waals surface area contributed by atoms with Gasteiger partial charge in [-0.3, -0.25) is 4.79 Å². The highest BCUT2D eigenvalue weighted by Crippen LogP contribution is 2.19. The molecule has 0 bridgehead atoms. The monoisotopic (exact) mass is 379 g/mol. The van der Waals surface area contributed by atoms with Gasteiger partial charge in [-0.1, -0.05) is 18.2 Å². The largest absolute Gasteiger partial charge is 0.497 e. The Balaban J connectivity index is 1.63. The van der Waals surface area contributed by atoms with Gasteiger partial charge in [0.05, 0.1) is 18.5 Å². The highest BCUT2D eigenvalue weighted by Gasteiger charge is 2.17. The van der Waals surface area contributed by atoms with Crippen LogP contribution in [0.25, 0.3) is 5.69 Å². The molecule has 0 saturated carbocycles. The maximum absolute atomic E-state index is 12.5. The topological polar surface area (TPSA) is 65.4 Å². The predicted molar refractivity (Wildman–Crippen MR) is 108 cm³/mol. The van der Waals surface area contributed by atoms with E-state index >= 15 is 0 Å². The average Bonchev–Trinajstić information content (AvgIpc) is 3.01. The molecule has 1 amide bonds. The number of aromatic nitrogens is 2. The normalized spacial score (nSPS) is 11.7. The average molecular weight is 379 g/mol. The van der Waals surface area contributed by atoms with Gasteiger partial charge in [-0.2, -0.15) is 5.10 Å². The van der Waals surface area contributed by atoms with E-state index in [4.69, 9.17) is 9.47 Å². The second-order valence-corrected chi connectivity index (χ2v) is 6.55. The van der Waals surface area contributed by atoms with Crippen LogP contribution in [0.15, 0.2) is 54.6 Å². The lowest BCUT2D eigenvalue weighted by molar-refractivity contribution is -0.127. The Morgan fingerprint density at radius 1 is 1.07 bits per heavy atom. The van der Waals surface area contributed by atoms with E-state index in [0.29, 0.717) is 12.3 Å². The van der Waals surface area contributed by atoms with Crippen LogP contribution in [0.5, 0.6) is 11.5 Å². The molecule has 6 heteroatoms. The van der Waals surface area contributed by atoms with Crippen LogP contribution in [0, 0.1) is 13.8 Å². The molecule has 0 aliphatic rings. The minimum absolute atomic E-state index is 0.179. The van der Waals surface area contributed by atoms with E-state index in [1.54, 1.807) is 38.3 Å². The first kappa shape index (κ1) is 19.5. The number of hydrogen-bond acceptors (Lipinski definition) is 4. The zero-order chi connectivity index (χ0) is 20.1. The quantitative estimate of drug-likeness (QED) is 0.681. The third-order valence-electron chi connectivity index (χ3n) is 4.62. The number of rotatable bonds is 7. The highest BCUT2D eigenvalue weighted by atomic mass is 16.5. The van der Waals surface area contributed by atoms with E-state index < -0.39 is 6.10 Å². The van der Waals surface area contributed by atoms with Crippen LogP contribution in [0.3, 0.4) is 0 Å². The molecule has 1 atom stereocenters. The molecule has 1 unspecified atom stereocenters. The van der Waals surface area contributed by atoms with Crippen LogP contribution in [-0.2, 0) is 11.3 Å². The predicted octanol–water partition coefficient (Wildman–Crippen LogP) is 3.58. The number of benzene rings is 2. The van der Waals surface area contributed by atoms with E-state index in [1.807, 2.05) is 48.9 Å². The smallest absolute Gasteiger partial charge is 0.261 e. The summed E-state index contributed by atoms with van der Waals surface area (Å²) < 4.78 is 12.7. The number of hydrogen-bond donors (Lipinski definition) is 1. The van der Waals surface area contributed by atoms with E-state index in [0.717, 1.165) is 28.4 Å². The second kappa shape index (κ2) is 8.61. The Labute approximate surface area is 165 Å². The molecule has 1 heterocycles. The van der Waals surface area contributed by atoms with Crippen LogP contribution in [0.2, 0.25) is 0 Å². The first-order valence-corrected chi connectivity index (χ1v) is 9.18. The van der Waals surface area contributed by atoms with Gasteiger partial charge in [-0.15, -0.1) is 0 Å². The van der Waals surface area contributed by atoms with Crippen molar-refractivity contribution >= 4 is 5.91 Å². The SMILES string of the molecule is COc1ccc(OC(C)C(=O)NCc2c(C)nn(-c3ccccc3)c2C)cc1. The number of nitrogens with zero attached hydrogens (tertiary/aromatic N) is 2. The molecule has 0 spiro atoms. The Bertz CT molecular complexity index is 934. The maximum atomic E-state index is 12.5. The van der Waals surface area contributed by atoms with Gasteiger partial charge in [-0.25, -0.2) is 4.68 Å². The first-order chi connectivity index (χ1) is 13.5. The summed E-state index contributed by atoms with van der Waals surface area (Å²) in [6, 6.07) is 17.1. The first-order valence-electron chi connectivity index (χ1n) is 9.18. The summed E-state index contributed by atoms with van der Waals surface area (Å²) in [5.74, 6) is 1.18. The van der Waals surface area contributed by atoms with Gasteiger partial charge < -0.3 is 14.8 Å². The molecule has 0 aliphatic heterocycles. The number of amides is 1. The highest BCUT2D eigenvalue weighted by molar-refractivity contribution is 5.80. The Hall–Kier alpha value is -3.28. The van der Waals surface area contributed by atoms with Gasteiger partial charge in [0, 0.05) is 17.8 Å². The van der Waals surface area contributed by atoms with Gasteiger partial charge in [0.25, 0.3) is 5.91 Å². The molecule has 1 N–H and O–H groups in total. The number of ether oxygens (including phenoxy) is 2. The van der Waals surface area contributed by atoms with Gasteiger partial charge in [0.1, 0.15) is 11.5 Å². The minimum atomic E-state index is -0.613. The third kappa shape index (κ3) is 4.34. The summed E-state index contributed by atoms with van der Waals surface area (Å²) in [4.78, 5) is 12.5. The van der Waals surface area contributed by atoms with Crippen molar-refractivity contribution in [3.63, 3.8) is 0 Å². The van der Waals surface area contributed by atoms with Crippen molar-refractivity contribution in [2.24, 2.45) is 0 Å². The van der Waals surface area contributed by atoms with Crippen molar-refractivity contribution in [3.8, 4) is 17.2 Å². The summed E-state index contributed by atoms with van der Waals surface area (Å²) in [5.41, 5.74) is 3.91. The summed E-state index contributed by atoms with van der Waals surface area (Å²) in [6.07, 6.45) is -0.613. The van der Waals surface area contributed by atoms with Gasteiger partial charge in [-0.05, 0) is 57.2 Å². The lowest BCUT2D eigenvalue weighted by Gasteiger charge is -2.15. The number of para-hydroxylation sites is 1. The molecule has 3 aromatic rings. The summed E-state index contributed by atoms with van der Waals surface area (Å²) in [5, 5.41) is 7.56. The van der Waals surface area contributed by atoms with Crippen molar-refractivity contribution in [1.29, 1.82) is 0 Å². The van der Waals surface area contributed by atoms with E-state index in [-0.39, 0.29) is 5.91 Å². The summed E-state index contributed by atoms with van der Waals surface area (Å²) >= 11 is 0. The third-order valence-corrected chi connectivity index (χ3v) is 4.62. The van der Waals surface area contributed by atoms with Crippen molar-refractivity contribution in [1.82, 2.24) is 15.1 Å². The Morgan fingerprint density at radius 2 is 1.71 bits per heavy atom. The lowest BCUT2D eigenvalue weighted by Crippen LogP contribution is -2.36. The van der Waals surface area contributed by atoms with E-state index in [1.165, 1.54) is 0 Å². The summed E-state index contributed by atoms with van der Waals surface area (Å²) in [6.45, 7) is 6.09. The Kier molecular flexibility index (Phi) is 5.99. The molecular weight excluding hydrogens is 354 g/mol. The second-order valence-electron chi connectivity index (χ2n) is 6.55. The van der Waals surface area contributed by atoms with Gasteiger partial charge in [0.2, 0.25) is 0 Å². The summed E-state index contributed by atoms with van der Waals surface area (Å²) in [7, 11) is 1.61. The van der Waals surface area contributed by atoms with Crippen LogP contribution >= 0.6 is 0 Å².